The number of carbonyl (C=O) groups is 1. The number of amides is 1. The summed E-state index contributed by atoms with van der Waals surface area (Å²) in [4.78, 5) is 13.2. The Labute approximate surface area is 96.9 Å². The predicted octanol–water partition coefficient (Wildman–Crippen LogP) is 1.59. The molecule has 2 N–H and O–H groups in total. The summed E-state index contributed by atoms with van der Waals surface area (Å²) in [6.07, 6.45) is 5.08. The molecule has 1 saturated heterocycles. The molecule has 1 fully saturated rings. The molecule has 1 aliphatic heterocycles. The number of halogens is 1. The van der Waals surface area contributed by atoms with E-state index in [1.165, 1.54) is 6.42 Å². The molecule has 1 heterocycles. The first-order chi connectivity index (χ1) is 7.22. The Kier molecular flexibility index (Phi) is 6.03. The van der Waals surface area contributed by atoms with Crippen LogP contribution in [0.3, 0.4) is 0 Å². The van der Waals surface area contributed by atoms with Crippen molar-refractivity contribution in [3.63, 3.8) is 0 Å². The van der Waals surface area contributed by atoms with Crippen LogP contribution in [-0.4, -0.2) is 36.3 Å². The van der Waals surface area contributed by atoms with Crippen LogP contribution in [0, 0.1) is 5.92 Å². The quantitative estimate of drug-likeness (QED) is 0.559. The molecular formula is C11H21ClN2O. The van der Waals surface area contributed by atoms with Crippen molar-refractivity contribution < 1.29 is 4.79 Å². The van der Waals surface area contributed by atoms with Crippen molar-refractivity contribution in [2.75, 3.05) is 25.5 Å². The number of nitrogens with two attached hydrogens (primary N) is 1. The number of nitrogens with zero attached hydrogens (tertiary/aromatic N) is 1. The third-order valence-electron chi connectivity index (χ3n) is 3.05. The average molecular weight is 233 g/mol. The van der Waals surface area contributed by atoms with Crippen LogP contribution in [0.5, 0.6) is 0 Å². The van der Waals surface area contributed by atoms with Crippen LogP contribution in [0.15, 0.2) is 0 Å². The van der Waals surface area contributed by atoms with Gasteiger partial charge in [0.2, 0.25) is 5.91 Å². The van der Waals surface area contributed by atoms with Crippen LogP contribution in [0.2, 0.25) is 0 Å². The van der Waals surface area contributed by atoms with Crippen molar-refractivity contribution in [3.8, 4) is 0 Å². The lowest BCUT2D eigenvalue weighted by Crippen LogP contribution is -2.35. The van der Waals surface area contributed by atoms with E-state index in [0.717, 1.165) is 44.8 Å². The van der Waals surface area contributed by atoms with E-state index < -0.39 is 0 Å². The number of unbranched alkanes of at least 4 members (excludes halogenated alkanes) is 1. The molecule has 88 valence electrons. The first-order valence-corrected chi connectivity index (χ1v) is 6.32. The first-order valence-electron chi connectivity index (χ1n) is 5.79. The van der Waals surface area contributed by atoms with E-state index in [1.54, 1.807) is 0 Å². The van der Waals surface area contributed by atoms with Gasteiger partial charge < -0.3 is 10.6 Å². The van der Waals surface area contributed by atoms with E-state index in [4.69, 9.17) is 17.3 Å². The standard InChI is InChI=1S/C11H21ClN2O/c12-5-1-2-6-14-7-3-10(4-8-14)9-11(13)15/h10H,1-9H2,(H2,13,15). The molecule has 0 aromatic heterocycles. The van der Waals surface area contributed by atoms with Crippen molar-refractivity contribution >= 4 is 17.5 Å². The zero-order valence-electron chi connectivity index (χ0n) is 9.25. The highest BCUT2D eigenvalue weighted by atomic mass is 35.5. The second-order valence-corrected chi connectivity index (χ2v) is 4.73. The fourth-order valence-corrected chi connectivity index (χ4v) is 2.32. The lowest BCUT2D eigenvalue weighted by atomic mass is 9.93. The predicted molar refractivity (Wildman–Crippen MR) is 62.9 cm³/mol. The third-order valence-corrected chi connectivity index (χ3v) is 3.32. The molecule has 0 radical (unpaired) electrons. The normalized spacial score (nSPS) is 19.3. The molecule has 15 heavy (non-hydrogen) atoms. The molecule has 0 aromatic carbocycles. The molecule has 0 aliphatic carbocycles. The lowest BCUT2D eigenvalue weighted by molar-refractivity contribution is -0.119. The second kappa shape index (κ2) is 7.07. The van der Waals surface area contributed by atoms with Crippen molar-refractivity contribution in [2.45, 2.75) is 32.1 Å². The fraction of sp³-hybridized carbons (Fsp3) is 0.909. The molecule has 1 amide bonds. The molecular weight excluding hydrogens is 212 g/mol. The summed E-state index contributed by atoms with van der Waals surface area (Å²) in [7, 11) is 0. The number of primary amides is 1. The minimum atomic E-state index is -0.157. The third kappa shape index (κ3) is 5.38. The van der Waals surface area contributed by atoms with E-state index in [2.05, 4.69) is 4.90 Å². The van der Waals surface area contributed by atoms with Crippen LogP contribution < -0.4 is 5.73 Å². The Morgan fingerprint density at radius 1 is 1.33 bits per heavy atom. The molecule has 0 aromatic rings. The van der Waals surface area contributed by atoms with Crippen LogP contribution in [0.25, 0.3) is 0 Å². The summed E-state index contributed by atoms with van der Waals surface area (Å²) < 4.78 is 0. The van der Waals surface area contributed by atoms with Crippen LogP contribution in [-0.2, 0) is 4.79 Å². The SMILES string of the molecule is NC(=O)CC1CCN(CCCCCl)CC1. The zero-order chi connectivity index (χ0) is 11.1. The van der Waals surface area contributed by atoms with Gasteiger partial charge in [-0.2, -0.15) is 0 Å². The molecule has 0 spiro atoms. The Morgan fingerprint density at radius 3 is 2.53 bits per heavy atom. The zero-order valence-corrected chi connectivity index (χ0v) is 10.0. The number of alkyl halides is 1. The Morgan fingerprint density at radius 2 is 2.00 bits per heavy atom. The minimum absolute atomic E-state index is 0.157. The van der Waals surface area contributed by atoms with Gasteiger partial charge in [0.25, 0.3) is 0 Å². The summed E-state index contributed by atoms with van der Waals surface area (Å²) >= 11 is 5.63. The van der Waals surface area contributed by atoms with Gasteiger partial charge in [-0.25, -0.2) is 0 Å². The largest absolute Gasteiger partial charge is 0.370 e. The van der Waals surface area contributed by atoms with Crippen molar-refractivity contribution in [1.29, 1.82) is 0 Å². The Bertz CT molecular complexity index is 191. The monoisotopic (exact) mass is 232 g/mol. The van der Waals surface area contributed by atoms with Gasteiger partial charge in [-0.3, -0.25) is 4.79 Å². The van der Waals surface area contributed by atoms with Crippen LogP contribution in [0.4, 0.5) is 0 Å². The summed E-state index contributed by atoms with van der Waals surface area (Å²) in [6, 6.07) is 0. The van der Waals surface area contributed by atoms with Gasteiger partial charge >= 0.3 is 0 Å². The summed E-state index contributed by atoms with van der Waals surface area (Å²) in [5.74, 6) is 1.13. The van der Waals surface area contributed by atoms with Gasteiger partial charge in [-0.1, -0.05) is 0 Å². The van der Waals surface area contributed by atoms with Gasteiger partial charge in [0.15, 0.2) is 0 Å². The van der Waals surface area contributed by atoms with Gasteiger partial charge in [0.1, 0.15) is 0 Å². The van der Waals surface area contributed by atoms with E-state index in [0.29, 0.717) is 12.3 Å². The molecule has 0 saturated carbocycles. The van der Waals surface area contributed by atoms with Gasteiger partial charge in [-0.15, -0.1) is 11.6 Å². The number of hydrogen-bond donors (Lipinski definition) is 1. The number of likely N-dealkylation sites (tertiary alicyclic amines) is 1. The highest BCUT2D eigenvalue weighted by Gasteiger charge is 2.19. The first kappa shape index (κ1) is 12.8. The highest BCUT2D eigenvalue weighted by Crippen LogP contribution is 2.20. The number of hydrogen-bond acceptors (Lipinski definition) is 2. The number of carbonyl (C=O) groups excluding carboxylic acids is 1. The van der Waals surface area contributed by atoms with Crippen LogP contribution >= 0.6 is 11.6 Å². The lowest BCUT2D eigenvalue weighted by Gasteiger charge is -2.31. The minimum Gasteiger partial charge on any atom is -0.370 e. The molecule has 4 heteroatoms. The Hall–Kier alpha value is -0.280. The molecule has 0 bridgehead atoms. The fourth-order valence-electron chi connectivity index (χ4n) is 2.13. The molecule has 1 rings (SSSR count). The smallest absolute Gasteiger partial charge is 0.217 e. The summed E-state index contributed by atoms with van der Waals surface area (Å²) in [6.45, 7) is 3.37. The molecule has 0 atom stereocenters. The van der Waals surface area contributed by atoms with Gasteiger partial charge in [-0.05, 0) is 51.2 Å². The number of piperidine rings is 1. The van der Waals surface area contributed by atoms with Crippen molar-refractivity contribution in [2.24, 2.45) is 11.7 Å². The van der Waals surface area contributed by atoms with Gasteiger partial charge in [0, 0.05) is 12.3 Å². The van der Waals surface area contributed by atoms with E-state index in [9.17, 15) is 4.79 Å². The number of rotatable bonds is 6. The molecule has 1 aliphatic rings. The summed E-state index contributed by atoms with van der Waals surface area (Å²) in [5, 5.41) is 0. The van der Waals surface area contributed by atoms with Gasteiger partial charge in [0.05, 0.1) is 0 Å². The van der Waals surface area contributed by atoms with Crippen molar-refractivity contribution in [1.82, 2.24) is 4.90 Å². The maximum atomic E-state index is 10.8. The molecule has 0 unspecified atom stereocenters. The average Bonchev–Trinajstić information content (AvgIpc) is 2.20. The maximum absolute atomic E-state index is 10.8. The van der Waals surface area contributed by atoms with Crippen molar-refractivity contribution in [3.05, 3.63) is 0 Å². The topological polar surface area (TPSA) is 46.3 Å². The van der Waals surface area contributed by atoms with E-state index in [-0.39, 0.29) is 5.91 Å². The van der Waals surface area contributed by atoms with E-state index >= 15 is 0 Å². The second-order valence-electron chi connectivity index (χ2n) is 4.35. The maximum Gasteiger partial charge on any atom is 0.217 e. The van der Waals surface area contributed by atoms with Crippen LogP contribution in [0.1, 0.15) is 32.1 Å². The summed E-state index contributed by atoms with van der Waals surface area (Å²) in [5.41, 5.74) is 5.19. The molecule has 3 nitrogen and oxygen atoms in total. The highest BCUT2D eigenvalue weighted by molar-refractivity contribution is 6.17. The van der Waals surface area contributed by atoms with E-state index in [1.807, 2.05) is 0 Å². The Balaban J connectivity index is 2.10.